The highest BCUT2D eigenvalue weighted by atomic mass is 79.9. The average molecular weight is 358 g/mol. The number of halogens is 5. The maximum Gasteiger partial charge on any atom is 0.176 e. The van der Waals surface area contributed by atoms with Crippen LogP contribution in [0.1, 0.15) is 22.6 Å². The first-order chi connectivity index (χ1) is 9.88. The van der Waals surface area contributed by atoms with E-state index in [0.717, 1.165) is 5.56 Å². The molecule has 0 saturated carbocycles. The van der Waals surface area contributed by atoms with Crippen LogP contribution >= 0.6 is 15.9 Å². The lowest BCUT2D eigenvalue weighted by atomic mass is 9.91. The van der Waals surface area contributed by atoms with E-state index in [1.54, 1.807) is 25.1 Å². The Morgan fingerprint density at radius 2 is 1.43 bits per heavy atom. The van der Waals surface area contributed by atoms with Gasteiger partial charge in [0.2, 0.25) is 0 Å². The van der Waals surface area contributed by atoms with Gasteiger partial charge in [-0.3, -0.25) is 0 Å². The fourth-order valence-electron chi connectivity index (χ4n) is 1.94. The molecule has 1 atom stereocenters. The minimum Gasteiger partial charge on any atom is -0.203 e. The third kappa shape index (κ3) is 2.66. The summed E-state index contributed by atoms with van der Waals surface area (Å²) in [6.07, 6.45) is 0. The summed E-state index contributed by atoms with van der Waals surface area (Å²) >= 11 is 2.44. The fraction of sp³-hybridized carbons (Fsp3) is 0.133. The molecule has 0 aromatic heterocycles. The van der Waals surface area contributed by atoms with Crippen LogP contribution in [0.25, 0.3) is 0 Å². The van der Waals surface area contributed by atoms with Gasteiger partial charge in [0, 0.05) is 0 Å². The molecule has 0 amide bonds. The molecule has 1 nitrogen and oxygen atoms in total. The van der Waals surface area contributed by atoms with Crippen LogP contribution in [-0.2, 0) is 0 Å². The maximum absolute atomic E-state index is 13.9. The summed E-state index contributed by atoms with van der Waals surface area (Å²) in [5.74, 6) is -7.71. The van der Waals surface area contributed by atoms with E-state index < -0.39 is 39.2 Å². The summed E-state index contributed by atoms with van der Waals surface area (Å²) < 4.78 is 54.1. The molecule has 0 aliphatic carbocycles. The zero-order chi connectivity index (χ0) is 15.7. The van der Waals surface area contributed by atoms with Crippen molar-refractivity contribution in [2.24, 2.45) is 0 Å². The number of aryl methyl sites for hydroxylation is 1. The predicted molar refractivity (Wildman–Crippen MR) is 72.6 cm³/mol. The Morgan fingerprint density at radius 1 is 0.952 bits per heavy atom. The predicted octanol–water partition coefficient (Wildman–Crippen LogP) is 4.97. The van der Waals surface area contributed by atoms with Crippen LogP contribution in [0.15, 0.2) is 28.7 Å². The van der Waals surface area contributed by atoms with Gasteiger partial charge in [0.05, 0.1) is 16.1 Å². The Morgan fingerprint density at radius 3 is 1.86 bits per heavy atom. The zero-order valence-electron chi connectivity index (χ0n) is 10.7. The van der Waals surface area contributed by atoms with Gasteiger partial charge in [-0.1, -0.05) is 29.8 Å². The lowest BCUT2D eigenvalue weighted by molar-refractivity contribution is 0.431. The normalized spacial score (nSPS) is 12.0. The molecule has 0 saturated heterocycles. The van der Waals surface area contributed by atoms with E-state index in [2.05, 4.69) is 15.9 Å². The van der Waals surface area contributed by atoms with Gasteiger partial charge in [0.1, 0.15) is 5.92 Å². The largest absolute Gasteiger partial charge is 0.203 e. The molecular formula is C15H8BrF4N. The van der Waals surface area contributed by atoms with Gasteiger partial charge in [-0.05, 0) is 28.4 Å². The van der Waals surface area contributed by atoms with E-state index in [1.165, 1.54) is 12.1 Å². The molecule has 6 heteroatoms. The van der Waals surface area contributed by atoms with E-state index in [4.69, 9.17) is 5.26 Å². The molecule has 2 aromatic rings. The molecule has 0 aliphatic rings. The standard InChI is InChI=1S/C15H8BrF4N/c1-7-2-4-8(5-3-7)9(6-21)10-12(17)14(19)11(16)15(20)13(10)18/h2-5,9H,1H3. The van der Waals surface area contributed by atoms with Crippen molar-refractivity contribution in [1.82, 2.24) is 0 Å². The molecule has 0 aliphatic heterocycles. The number of rotatable bonds is 2. The summed E-state index contributed by atoms with van der Waals surface area (Å²) in [6, 6.07) is 7.93. The van der Waals surface area contributed by atoms with Crippen molar-refractivity contribution in [3.8, 4) is 6.07 Å². The molecule has 0 bridgehead atoms. The second-order valence-corrected chi connectivity index (χ2v) is 5.25. The zero-order valence-corrected chi connectivity index (χ0v) is 12.3. The fourth-order valence-corrected chi connectivity index (χ4v) is 2.29. The monoisotopic (exact) mass is 357 g/mol. The first-order valence-electron chi connectivity index (χ1n) is 5.86. The number of hydrogen-bond donors (Lipinski definition) is 0. The topological polar surface area (TPSA) is 23.8 Å². The lowest BCUT2D eigenvalue weighted by Crippen LogP contribution is -2.10. The highest BCUT2D eigenvalue weighted by molar-refractivity contribution is 9.10. The molecule has 2 aromatic carbocycles. The van der Waals surface area contributed by atoms with E-state index in [1.807, 2.05) is 0 Å². The van der Waals surface area contributed by atoms with Crippen LogP contribution in [0.5, 0.6) is 0 Å². The number of nitrogens with zero attached hydrogens (tertiary/aromatic N) is 1. The molecule has 0 fully saturated rings. The van der Waals surface area contributed by atoms with Gasteiger partial charge >= 0.3 is 0 Å². The summed E-state index contributed by atoms with van der Waals surface area (Å²) in [6.45, 7) is 1.80. The Kier molecular flexibility index (Phi) is 4.33. The summed E-state index contributed by atoms with van der Waals surface area (Å²) in [4.78, 5) is 0. The molecule has 0 heterocycles. The van der Waals surface area contributed by atoms with Crippen molar-refractivity contribution in [1.29, 1.82) is 5.26 Å². The second-order valence-electron chi connectivity index (χ2n) is 4.46. The molecule has 0 radical (unpaired) electrons. The SMILES string of the molecule is Cc1ccc(C(C#N)c2c(F)c(F)c(Br)c(F)c2F)cc1. The van der Waals surface area contributed by atoms with Gasteiger partial charge in [0.15, 0.2) is 23.3 Å². The van der Waals surface area contributed by atoms with Gasteiger partial charge in [-0.15, -0.1) is 0 Å². The van der Waals surface area contributed by atoms with Crippen LogP contribution in [0.4, 0.5) is 17.6 Å². The minimum absolute atomic E-state index is 0.252. The number of hydrogen-bond acceptors (Lipinski definition) is 1. The summed E-state index contributed by atoms with van der Waals surface area (Å²) in [5, 5.41) is 9.16. The molecule has 108 valence electrons. The molecular weight excluding hydrogens is 350 g/mol. The second kappa shape index (κ2) is 5.86. The summed E-state index contributed by atoms with van der Waals surface area (Å²) in [7, 11) is 0. The Hall–Kier alpha value is -1.87. The van der Waals surface area contributed by atoms with Gasteiger partial charge in [-0.2, -0.15) is 5.26 Å². The lowest BCUT2D eigenvalue weighted by Gasteiger charge is -2.14. The van der Waals surface area contributed by atoms with Crippen LogP contribution in [0.2, 0.25) is 0 Å². The third-order valence-corrected chi connectivity index (χ3v) is 3.77. The first-order valence-corrected chi connectivity index (χ1v) is 6.65. The molecule has 2 rings (SSSR count). The Balaban J connectivity index is 2.69. The Bertz CT molecular complexity index is 706. The maximum atomic E-state index is 13.9. The van der Waals surface area contributed by atoms with Gasteiger partial charge in [-0.25, -0.2) is 17.6 Å². The first kappa shape index (κ1) is 15.5. The van der Waals surface area contributed by atoms with Crippen molar-refractivity contribution in [2.75, 3.05) is 0 Å². The van der Waals surface area contributed by atoms with Gasteiger partial charge < -0.3 is 0 Å². The molecule has 0 N–H and O–H groups in total. The average Bonchev–Trinajstić information content (AvgIpc) is 2.49. The van der Waals surface area contributed by atoms with Crippen molar-refractivity contribution in [2.45, 2.75) is 12.8 Å². The van der Waals surface area contributed by atoms with Crippen molar-refractivity contribution < 1.29 is 17.6 Å². The van der Waals surface area contributed by atoms with E-state index in [9.17, 15) is 17.6 Å². The quantitative estimate of drug-likeness (QED) is 0.423. The van der Waals surface area contributed by atoms with Crippen LogP contribution in [0.3, 0.4) is 0 Å². The van der Waals surface area contributed by atoms with Crippen molar-refractivity contribution in [3.63, 3.8) is 0 Å². The van der Waals surface area contributed by atoms with E-state index in [0.29, 0.717) is 0 Å². The number of benzene rings is 2. The van der Waals surface area contributed by atoms with Crippen molar-refractivity contribution in [3.05, 3.63) is 68.7 Å². The molecule has 21 heavy (non-hydrogen) atoms. The van der Waals surface area contributed by atoms with Crippen molar-refractivity contribution >= 4 is 15.9 Å². The van der Waals surface area contributed by atoms with Gasteiger partial charge in [0.25, 0.3) is 0 Å². The van der Waals surface area contributed by atoms with Crippen LogP contribution in [-0.4, -0.2) is 0 Å². The van der Waals surface area contributed by atoms with Crippen LogP contribution < -0.4 is 0 Å². The summed E-state index contributed by atoms with van der Waals surface area (Å²) in [5.41, 5.74) is 0.200. The van der Waals surface area contributed by atoms with Crippen LogP contribution in [0, 0.1) is 41.5 Å². The smallest absolute Gasteiger partial charge is 0.176 e. The van der Waals surface area contributed by atoms with E-state index in [-0.39, 0.29) is 5.56 Å². The Labute approximate surface area is 127 Å². The molecule has 0 spiro atoms. The highest BCUT2D eigenvalue weighted by Crippen LogP contribution is 2.35. The highest BCUT2D eigenvalue weighted by Gasteiger charge is 2.30. The minimum atomic E-state index is -1.58. The van der Waals surface area contributed by atoms with E-state index >= 15 is 0 Å². The molecule has 1 unspecified atom stereocenters. The number of nitriles is 1. The third-order valence-electron chi connectivity index (χ3n) is 3.07.